The third kappa shape index (κ3) is 3.04. The van der Waals surface area contributed by atoms with Crippen LogP contribution in [0.25, 0.3) is 0 Å². The van der Waals surface area contributed by atoms with E-state index >= 15 is 4.39 Å². The van der Waals surface area contributed by atoms with E-state index in [0.717, 1.165) is 38.2 Å². The van der Waals surface area contributed by atoms with Gasteiger partial charge in [0.2, 0.25) is 0 Å². The van der Waals surface area contributed by atoms with Crippen LogP contribution >= 0.6 is 0 Å². The molecule has 7 aliphatic carbocycles. The highest BCUT2D eigenvalue weighted by Gasteiger charge is 2.55. The zero-order valence-electron chi connectivity index (χ0n) is 17.6. The van der Waals surface area contributed by atoms with Gasteiger partial charge in [-0.05, 0) is 111 Å². The van der Waals surface area contributed by atoms with Crippen LogP contribution in [-0.4, -0.2) is 12.2 Å². The molecule has 0 aromatic carbocycles. The van der Waals surface area contributed by atoms with Crippen molar-refractivity contribution in [2.75, 3.05) is 6.61 Å². The van der Waals surface area contributed by atoms with E-state index in [9.17, 15) is 0 Å². The molecule has 27 heavy (non-hydrogen) atoms. The quantitative estimate of drug-likeness (QED) is 0.499. The minimum atomic E-state index is -0.559. The van der Waals surface area contributed by atoms with E-state index in [2.05, 4.69) is 19.9 Å². The molecule has 0 N–H and O–H groups in total. The number of hydrogen-bond acceptors (Lipinski definition) is 1. The standard InChI is InChI=1S/C25H39FO/c1-19-3-5-20(6-4-19)24-13-15-25(16-14-24,21(26)17-24)27-18-23-10-7-22(2,8-11-23)9-12-23/h17,19-20H,3-16,18H2,1-2H3. The molecule has 0 saturated heterocycles. The lowest BCUT2D eigenvalue weighted by Gasteiger charge is -2.56. The highest BCUT2D eigenvalue weighted by molar-refractivity contribution is 5.26. The predicted octanol–water partition coefficient (Wildman–Crippen LogP) is 7.36. The molecule has 4 bridgehead atoms. The molecule has 7 aliphatic rings. The molecule has 0 aromatic heterocycles. The lowest BCUT2D eigenvalue weighted by molar-refractivity contribution is -0.146. The van der Waals surface area contributed by atoms with Crippen molar-refractivity contribution in [2.45, 2.75) is 109 Å². The Morgan fingerprint density at radius 3 is 2.04 bits per heavy atom. The van der Waals surface area contributed by atoms with Crippen LogP contribution in [0.4, 0.5) is 4.39 Å². The van der Waals surface area contributed by atoms with Crippen molar-refractivity contribution in [2.24, 2.45) is 28.1 Å². The molecule has 0 spiro atoms. The van der Waals surface area contributed by atoms with Gasteiger partial charge in [0.05, 0.1) is 6.61 Å². The van der Waals surface area contributed by atoms with Crippen LogP contribution in [-0.2, 0) is 4.74 Å². The molecule has 5 saturated carbocycles. The Morgan fingerprint density at radius 2 is 1.48 bits per heavy atom. The van der Waals surface area contributed by atoms with Crippen LogP contribution in [0.5, 0.6) is 0 Å². The number of allylic oxidation sites excluding steroid dienone is 1. The van der Waals surface area contributed by atoms with E-state index in [0.29, 0.717) is 16.7 Å². The Kier molecular flexibility index (Phi) is 4.36. The maximum Gasteiger partial charge on any atom is 0.128 e. The van der Waals surface area contributed by atoms with Gasteiger partial charge in [-0.25, -0.2) is 4.39 Å². The van der Waals surface area contributed by atoms with E-state index in [-0.39, 0.29) is 11.2 Å². The zero-order chi connectivity index (χ0) is 18.8. The molecule has 0 aromatic rings. The van der Waals surface area contributed by atoms with Crippen molar-refractivity contribution in [3.8, 4) is 0 Å². The van der Waals surface area contributed by atoms with Gasteiger partial charge in [0.1, 0.15) is 11.4 Å². The average molecular weight is 375 g/mol. The number of fused-ring (bicyclic) bond motifs is 5. The summed E-state index contributed by atoms with van der Waals surface area (Å²) in [5.41, 5.74) is 0.554. The van der Waals surface area contributed by atoms with Crippen molar-refractivity contribution in [3.05, 3.63) is 11.9 Å². The maximum absolute atomic E-state index is 15.4. The van der Waals surface area contributed by atoms with Crippen molar-refractivity contribution in [1.29, 1.82) is 0 Å². The second kappa shape index (κ2) is 6.31. The number of hydrogen-bond donors (Lipinski definition) is 0. The largest absolute Gasteiger partial charge is 0.367 e. The molecule has 7 rings (SSSR count). The fraction of sp³-hybridized carbons (Fsp3) is 0.920. The summed E-state index contributed by atoms with van der Waals surface area (Å²) in [6.45, 7) is 5.65. The summed E-state index contributed by atoms with van der Waals surface area (Å²) in [6, 6.07) is 0. The fourth-order valence-electron chi connectivity index (χ4n) is 7.42. The monoisotopic (exact) mass is 374 g/mol. The molecular weight excluding hydrogens is 335 g/mol. The summed E-state index contributed by atoms with van der Waals surface area (Å²) < 4.78 is 22.0. The molecule has 152 valence electrons. The van der Waals surface area contributed by atoms with Crippen molar-refractivity contribution >= 4 is 0 Å². The topological polar surface area (TPSA) is 9.23 Å². The van der Waals surface area contributed by atoms with Gasteiger partial charge in [0.15, 0.2) is 0 Å². The van der Waals surface area contributed by atoms with E-state index in [1.54, 1.807) is 0 Å². The molecule has 1 nitrogen and oxygen atoms in total. The molecule has 0 amide bonds. The summed E-state index contributed by atoms with van der Waals surface area (Å²) in [5.74, 6) is 1.69. The molecule has 0 heterocycles. The number of ether oxygens (including phenoxy) is 1. The van der Waals surface area contributed by atoms with Gasteiger partial charge >= 0.3 is 0 Å². The average Bonchev–Trinajstić information content (AvgIpc) is 2.69. The smallest absolute Gasteiger partial charge is 0.128 e. The van der Waals surface area contributed by atoms with Gasteiger partial charge in [-0.2, -0.15) is 0 Å². The number of rotatable bonds is 4. The first kappa shape index (κ1) is 18.6. The molecule has 0 unspecified atom stereocenters. The Morgan fingerprint density at radius 1 is 0.889 bits per heavy atom. The third-order valence-corrected chi connectivity index (χ3v) is 10.1. The fourth-order valence-corrected chi connectivity index (χ4v) is 7.42. The summed E-state index contributed by atoms with van der Waals surface area (Å²) in [6.07, 6.45) is 19.5. The number of halogens is 1. The first-order valence-electron chi connectivity index (χ1n) is 11.9. The van der Waals surface area contributed by atoms with E-state index < -0.39 is 5.60 Å². The van der Waals surface area contributed by atoms with Gasteiger partial charge in [0, 0.05) is 0 Å². The Bertz CT molecular complexity index is 579. The van der Waals surface area contributed by atoms with Crippen LogP contribution in [0.1, 0.15) is 104 Å². The van der Waals surface area contributed by atoms with Crippen molar-refractivity contribution in [1.82, 2.24) is 0 Å². The summed E-state index contributed by atoms with van der Waals surface area (Å²) in [7, 11) is 0. The second-order valence-electron chi connectivity index (χ2n) is 11.8. The van der Waals surface area contributed by atoms with E-state index in [4.69, 9.17) is 4.74 Å². The summed E-state index contributed by atoms with van der Waals surface area (Å²) >= 11 is 0. The molecule has 0 radical (unpaired) electrons. The first-order valence-corrected chi connectivity index (χ1v) is 11.9. The Hall–Kier alpha value is -0.370. The first-order chi connectivity index (χ1) is 12.9. The zero-order valence-corrected chi connectivity index (χ0v) is 17.6. The van der Waals surface area contributed by atoms with Crippen molar-refractivity contribution in [3.63, 3.8) is 0 Å². The van der Waals surface area contributed by atoms with E-state index in [1.165, 1.54) is 64.2 Å². The lowest BCUT2D eigenvalue weighted by atomic mass is 9.54. The molecule has 0 aliphatic heterocycles. The van der Waals surface area contributed by atoms with Gasteiger partial charge in [-0.3, -0.25) is 0 Å². The van der Waals surface area contributed by atoms with Crippen LogP contribution in [0.2, 0.25) is 0 Å². The van der Waals surface area contributed by atoms with Crippen molar-refractivity contribution < 1.29 is 9.13 Å². The third-order valence-electron chi connectivity index (χ3n) is 10.1. The highest BCUT2D eigenvalue weighted by atomic mass is 19.1. The second-order valence-corrected chi connectivity index (χ2v) is 11.8. The highest BCUT2D eigenvalue weighted by Crippen LogP contribution is 2.61. The molecule has 0 atom stereocenters. The van der Waals surface area contributed by atoms with Gasteiger partial charge in [-0.1, -0.05) is 26.7 Å². The van der Waals surface area contributed by atoms with Crippen LogP contribution in [0.15, 0.2) is 11.9 Å². The van der Waals surface area contributed by atoms with Gasteiger partial charge < -0.3 is 4.74 Å². The minimum Gasteiger partial charge on any atom is -0.367 e. The summed E-state index contributed by atoms with van der Waals surface area (Å²) in [5, 5.41) is 0. The molecular formula is C25H39FO. The minimum absolute atomic E-state index is 0.103. The van der Waals surface area contributed by atoms with Crippen LogP contribution in [0.3, 0.4) is 0 Å². The van der Waals surface area contributed by atoms with Gasteiger partial charge in [0.25, 0.3) is 0 Å². The molecule has 5 fully saturated rings. The lowest BCUT2D eigenvalue weighted by Crippen LogP contribution is -2.51. The Balaban J connectivity index is 1.27. The van der Waals surface area contributed by atoms with Crippen LogP contribution < -0.4 is 0 Å². The van der Waals surface area contributed by atoms with E-state index in [1.807, 2.05) is 0 Å². The maximum atomic E-state index is 15.4. The normalized spacial score (nSPS) is 52.0. The Labute approximate surface area is 165 Å². The van der Waals surface area contributed by atoms with Crippen LogP contribution in [0, 0.1) is 28.1 Å². The molecule has 2 heteroatoms. The summed E-state index contributed by atoms with van der Waals surface area (Å²) in [4.78, 5) is 0. The predicted molar refractivity (Wildman–Crippen MR) is 108 cm³/mol. The SMILES string of the molecule is CC1CCC(C23C=C(F)C(OCC45CCC(C)(CC4)CC5)(CC2)CC3)CC1. The van der Waals surface area contributed by atoms with Gasteiger partial charge in [-0.15, -0.1) is 0 Å².